The number of benzene rings is 8. The normalized spacial score (nSPS) is 11.6. The van der Waals surface area contributed by atoms with Crippen molar-refractivity contribution < 1.29 is 0 Å². The molecule has 0 amide bonds. The molecule has 11 aromatic rings. The molecule has 0 fully saturated rings. The second kappa shape index (κ2) is 11.8. The largest absolute Gasteiger partial charge is 0.309 e. The fourth-order valence-electron chi connectivity index (χ4n) is 8.75. The van der Waals surface area contributed by atoms with Crippen LogP contribution in [-0.2, 0) is 0 Å². The maximum atomic E-state index is 10.4. The van der Waals surface area contributed by atoms with Crippen molar-refractivity contribution in [2.45, 2.75) is 0 Å². The molecular formula is C50H29N5. The summed E-state index contributed by atoms with van der Waals surface area (Å²) in [7, 11) is 0. The van der Waals surface area contributed by atoms with Gasteiger partial charge in [-0.05, 0) is 84.4 Å². The Morgan fingerprint density at radius 1 is 0.327 bits per heavy atom. The summed E-state index contributed by atoms with van der Waals surface area (Å²) in [6.07, 6.45) is 0. The van der Waals surface area contributed by atoms with E-state index in [1.165, 1.54) is 21.5 Å². The van der Waals surface area contributed by atoms with E-state index in [9.17, 15) is 10.5 Å². The number of nitrogens with zero attached hydrogens (tertiary/aromatic N) is 5. The van der Waals surface area contributed by atoms with Crippen LogP contribution in [0.1, 0.15) is 11.1 Å². The van der Waals surface area contributed by atoms with Gasteiger partial charge in [0.1, 0.15) is 0 Å². The maximum Gasteiger partial charge on any atom is 0.0992 e. The Morgan fingerprint density at radius 2 is 0.836 bits per heavy atom. The molecule has 0 N–H and O–H groups in total. The van der Waals surface area contributed by atoms with Gasteiger partial charge in [-0.25, -0.2) is 0 Å². The standard InChI is InChI=1S/C50H29N5/c51-30-32-21-24-49-43(27-32)42-23-22-35(53-45-17-7-2-12-38(45)39-13-3-8-18-46(39)53)29-50(42)55(49)44-16-6-1-11-37(44)34-25-33(31-52)26-36(28-34)54-47-19-9-4-14-40(47)41-15-5-10-20-48(41)54/h1-29H. The molecule has 3 aromatic heterocycles. The van der Waals surface area contributed by atoms with Crippen LogP contribution >= 0.6 is 0 Å². The van der Waals surface area contributed by atoms with Gasteiger partial charge in [0.05, 0.1) is 62.1 Å². The summed E-state index contributed by atoms with van der Waals surface area (Å²) < 4.78 is 6.92. The van der Waals surface area contributed by atoms with Crippen molar-refractivity contribution in [2.24, 2.45) is 0 Å². The molecule has 8 aromatic carbocycles. The summed E-state index contributed by atoms with van der Waals surface area (Å²) >= 11 is 0. The minimum absolute atomic E-state index is 0.582. The highest BCUT2D eigenvalue weighted by atomic mass is 15.0. The van der Waals surface area contributed by atoms with Crippen molar-refractivity contribution in [3.63, 3.8) is 0 Å². The Morgan fingerprint density at radius 3 is 1.44 bits per heavy atom. The van der Waals surface area contributed by atoms with E-state index in [2.05, 4.69) is 177 Å². The van der Waals surface area contributed by atoms with Gasteiger partial charge in [0.15, 0.2) is 0 Å². The SMILES string of the molecule is N#Cc1cc(-c2ccccc2-n2c3ccc(C#N)cc3c3ccc(-n4c5ccccc5c5ccccc54)cc32)cc(-n2c3ccccc3c3ccccc32)c1. The molecule has 11 rings (SSSR count). The molecule has 0 aliphatic carbocycles. The highest BCUT2D eigenvalue weighted by Gasteiger charge is 2.20. The minimum Gasteiger partial charge on any atom is -0.309 e. The van der Waals surface area contributed by atoms with Crippen LogP contribution < -0.4 is 0 Å². The highest BCUT2D eigenvalue weighted by Crippen LogP contribution is 2.40. The van der Waals surface area contributed by atoms with Gasteiger partial charge in [-0.2, -0.15) is 10.5 Å². The van der Waals surface area contributed by atoms with Gasteiger partial charge in [-0.1, -0.05) is 97.1 Å². The second-order valence-corrected chi connectivity index (χ2v) is 14.0. The van der Waals surface area contributed by atoms with Crippen molar-refractivity contribution in [3.05, 3.63) is 187 Å². The van der Waals surface area contributed by atoms with Crippen LogP contribution in [0.25, 0.3) is 93.6 Å². The average molecular weight is 700 g/mol. The average Bonchev–Trinajstić information content (AvgIpc) is 3.88. The smallest absolute Gasteiger partial charge is 0.0992 e. The summed E-state index contributed by atoms with van der Waals surface area (Å²) in [4.78, 5) is 0. The topological polar surface area (TPSA) is 62.4 Å². The highest BCUT2D eigenvalue weighted by molar-refractivity contribution is 6.13. The summed E-state index contributed by atoms with van der Waals surface area (Å²) in [5.74, 6) is 0. The quantitative estimate of drug-likeness (QED) is 0.184. The fourth-order valence-corrected chi connectivity index (χ4v) is 8.75. The van der Waals surface area contributed by atoms with Crippen LogP contribution in [0.5, 0.6) is 0 Å². The lowest BCUT2D eigenvalue weighted by atomic mass is 10.00. The van der Waals surface area contributed by atoms with Crippen molar-refractivity contribution >= 4 is 65.4 Å². The van der Waals surface area contributed by atoms with E-state index >= 15 is 0 Å². The minimum atomic E-state index is 0.582. The number of aromatic nitrogens is 3. The molecule has 0 radical (unpaired) electrons. The molecule has 5 heteroatoms. The lowest BCUT2D eigenvalue weighted by molar-refractivity contribution is 1.15. The summed E-state index contributed by atoms with van der Waals surface area (Å²) in [6.45, 7) is 0. The predicted octanol–water partition coefficient (Wildman–Crippen LogP) is 12.4. The first kappa shape index (κ1) is 30.7. The zero-order chi connectivity index (χ0) is 36.6. The van der Waals surface area contributed by atoms with E-state index in [4.69, 9.17) is 0 Å². The molecule has 0 saturated carbocycles. The first-order valence-corrected chi connectivity index (χ1v) is 18.3. The van der Waals surface area contributed by atoms with E-state index in [1.54, 1.807) is 0 Å². The van der Waals surface area contributed by atoms with Gasteiger partial charge < -0.3 is 13.7 Å². The number of nitriles is 2. The molecule has 0 bridgehead atoms. The van der Waals surface area contributed by atoms with Crippen molar-refractivity contribution in [3.8, 4) is 40.3 Å². The maximum absolute atomic E-state index is 10.4. The van der Waals surface area contributed by atoms with E-state index in [0.717, 1.165) is 72.1 Å². The lowest BCUT2D eigenvalue weighted by Gasteiger charge is -2.17. The Balaban J connectivity index is 1.19. The van der Waals surface area contributed by atoms with Gasteiger partial charge in [0, 0.05) is 49.3 Å². The van der Waals surface area contributed by atoms with Crippen LogP contribution in [0.15, 0.2) is 176 Å². The number of hydrogen-bond donors (Lipinski definition) is 0. The molecule has 254 valence electrons. The lowest BCUT2D eigenvalue weighted by Crippen LogP contribution is -2.00. The number of para-hydroxylation sites is 5. The first-order valence-electron chi connectivity index (χ1n) is 18.3. The van der Waals surface area contributed by atoms with E-state index in [0.29, 0.717) is 11.1 Å². The van der Waals surface area contributed by atoms with E-state index < -0.39 is 0 Å². The third kappa shape index (κ3) is 4.51. The molecule has 3 heterocycles. The van der Waals surface area contributed by atoms with Gasteiger partial charge in [-0.15, -0.1) is 0 Å². The van der Waals surface area contributed by atoms with Crippen LogP contribution in [-0.4, -0.2) is 13.7 Å². The van der Waals surface area contributed by atoms with Crippen molar-refractivity contribution in [1.82, 2.24) is 13.7 Å². The number of hydrogen-bond acceptors (Lipinski definition) is 2. The zero-order valence-electron chi connectivity index (χ0n) is 29.5. The van der Waals surface area contributed by atoms with Gasteiger partial charge in [0.25, 0.3) is 0 Å². The van der Waals surface area contributed by atoms with Gasteiger partial charge in [0.2, 0.25) is 0 Å². The van der Waals surface area contributed by atoms with Crippen LogP contribution in [0.4, 0.5) is 0 Å². The van der Waals surface area contributed by atoms with E-state index in [1.807, 2.05) is 24.3 Å². The Kier molecular flexibility index (Phi) is 6.61. The third-order valence-electron chi connectivity index (χ3n) is 11.1. The van der Waals surface area contributed by atoms with Crippen LogP contribution in [0.3, 0.4) is 0 Å². The van der Waals surface area contributed by atoms with E-state index in [-0.39, 0.29) is 0 Å². The molecule has 0 atom stereocenters. The molecule has 0 aliphatic rings. The Bertz CT molecular complexity index is 3360. The molecule has 5 nitrogen and oxygen atoms in total. The molecule has 55 heavy (non-hydrogen) atoms. The van der Waals surface area contributed by atoms with Gasteiger partial charge >= 0.3 is 0 Å². The monoisotopic (exact) mass is 699 g/mol. The second-order valence-electron chi connectivity index (χ2n) is 14.0. The molecule has 0 saturated heterocycles. The molecule has 0 aliphatic heterocycles. The van der Waals surface area contributed by atoms with Crippen LogP contribution in [0.2, 0.25) is 0 Å². The van der Waals surface area contributed by atoms with Crippen LogP contribution in [0, 0.1) is 22.7 Å². The first-order chi connectivity index (χ1) is 27.2. The van der Waals surface area contributed by atoms with Gasteiger partial charge in [-0.3, -0.25) is 0 Å². The van der Waals surface area contributed by atoms with Crippen molar-refractivity contribution in [1.29, 1.82) is 10.5 Å². The summed E-state index contributed by atoms with van der Waals surface area (Å²) in [6, 6.07) is 66.0. The molecule has 0 unspecified atom stereocenters. The number of fused-ring (bicyclic) bond motifs is 9. The van der Waals surface area contributed by atoms with Crippen molar-refractivity contribution in [2.75, 3.05) is 0 Å². The third-order valence-corrected chi connectivity index (χ3v) is 11.1. The Labute approximate surface area is 316 Å². The zero-order valence-corrected chi connectivity index (χ0v) is 29.5. The summed E-state index contributed by atoms with van der Waals surface area (Å²) in [5.41, 5.74) is 12.6. The number of rotatable bonds is 4. The summed E-state index contributed by atoms with van der Waals surface area (Å²) in [5, 5.41) is 27.2. The molecular weight excluding hydrogens is 671 g/mol. The predicted molar refractivity (Wildman–Crippen MR) is 224 cm³/mol. The molecule has 0 spiro atoms. The Hall–Kier alpha value is -7.86. The fraction of sp³-hybridized carbons (Fsp3) is 0.